The monoisotopic (exact) mass is 532 g/mol. The number of alkyl halides is 3. The van der Waals surface area contributed by atoms with Gasteiger partial charge in [-0.3, -0.25) is 14.6 Å². The highest BCUT2D eigenvalue weighted by molar-refractivity contribution is 7.13. The lowest BCUT2D eigenvalue weighted by molar-refractivity contribution is -0.137. The van der Waals surface area contributed by atoms with Gasteiger partial charge in [-0.2, -0.15) is 13.2 Å². The van der Waals surface area contributed by atoms with Gasteiger partial charge in [0.25, 0.3) is 11.8 Å². The van der Waals surface area contributed by atoms with Crippen molar-refractivity contribution in [3.05, 3.63) is 87.5 Å². The minimum atomic E-state index is -4.66. The second-order valence-corrected chi connectivity index (χ2v) is 8.90. The van der Waals surface area contributed by atoms with E-state index >= 15 is 0 Å². The number of benzene rings is 1. The zero-order valence-electron chi connectivity index (χ0n) is 18.4. The van der Waals surface area contributed by atoms with Crippen molar-refractivity contribution >= 4 is 40.4 Å². The lowest BCUT2D eigenvalue weighted by Gasteiger charge is -2.12. The SMILES string of the molecule is CC(NC(=O)c1cc(-c2cccnc2)ncn1)c1ncc(C(=O)Nc2ccc(Cl)c(C(F)(F)F)c2)s1. The van der Waals surface area contributed by atoms with Crippen LogP contribution in [0.3, 0.4) is 0 Å². The number of nitrogens with zero attached hydrogens (tertiary/aromatic N) is 4. The second-order valence-electron chi connectivity index (χ2n) is 7.43. The van der Waals surface area contributed by atoms with E-state index in [0.29, 0.717) is 10.7 Å². The van der Waals surface area contributed by atoms with E-state index < -0.39 is 34.6 Å². The summed E-state index contributed by atoms with van der Waals surface area (Å²) >= 11 is 6.60. The number of thiazole rings is 1. The molecule has 3 heterocycles. The Morgan fingerprint density at radius 2 is 1.86 bits per heavy atom. The van der Waals surface area contributed by atoms with Gasteiger partial charge in [0.1, 0.15) is 21.9 Å². The van der Waals surface area contributed by atoms with Crippen LogP contribution >= 0.6 is 22.9 Å². The summed E-state index contributed by atoms with van der Waals surface area (Å²) in [4.78, 5) is 41.8. The van der Waals surface area contributed by atoms with Gasteiger partial charge in [-0.1, -0.05) is 11.6 Å². The van der Waals surface area contributed by atoms with Gasteiger partial charge in [0.2, 0.25) is 0 Å². The first-order valence-electron chi connectivity index (χ1n) is 10.3. The van der Waals surface area contributed by atoms with E-state index in [1.165, 1.54) is 24.7 Å². The molecule has 0 bridgehead atoms. The molecule has 4 rings (SSSR count). The molecule has 0 saturated heterocycles. The number of carbonyl (C=O) groups is 2. The molecule has 0 spiro atoms. The van der Waals surface area contributed by atoms with Crippen LogP contribution in [0.25, 0.3) is 11.3 Å². The quantitative estimate of drug-likeness (QED) is 0.343. The number of halogens is 4. The van der Waals surface area contributed by atoms with Gasteiger partial charge in [0, 0.05) is 23.6 Å². The van der Waals surface area contributed by atoms with Gasteiger partial charge in [0.05, 0.1) is 28.5 Å². The summed E-state index contributed by atoms with van der Waals surface area (Å²) in [7, 11) is 0. The first-order valence-corrected chi connectivity index (χ1v) is 11.5. The number of anilines is 1. The van der Waals surface area contributed by atoms with E-state index in [4.69, 9.17) is 11.6 Å². The Labute approximate surface area is 211 Å². The number of hydrogen-bond donors (Lipinski definition) is 2. The van der Waals surface area contributed by atoms with Gasteiger partial charge in [-0.15, -0.1) is 11.3 Å². The maximum Gasteiger partial charge on any atom is 0.417 e. The first-order chi connectivity index (χ1) is 17.1. The molecule has 13 heteroatoms. The molecule has 2 amide bonds. The molecule has 0 aliphatic rings. The van der Waals surface area contributed by atoms with E-state index in [0.717, 1.165) is 29.0 Å². The molecule has 0 aliphatic carbocycles. The zero-order valence-corrected chi connectivity index (χ0v) is 19.9. The average Bonchev–Trinajstić information content (AvgIpc) is 3.36. The summed E-state index contributed by atoms with van der Waals surface area (Å²) in [5.41, 5.74) is 0.259. The van der Waals surface area contributed by atoms with Crippen LogP contribution in [0.2, 0.25) is 5.02 Å². The summed E-state index contributed by atoms with van der Waals surface area (Å²) in [5, 5.41) is 5.10. The molecule has 1 unspecified atom stereocenters. The van der Waals surface area contributed by atoms with Crippen LogP contribution in [0.15, 0.2) is 61.3 Å². The molecule has 4 aromatic rings. The van der Waals surface area contributed by atoms with E-state index in [1.807, 2.05) is 0 Å². The van der Waals surface area contributed by atoms with Crippen LogP contribution < -0.4 is 10.6 Å². The van der Waals surface area contributed by atoms with Crippen LogP contribution in [-0.2, 0) is 6.18 Å². The predicted molar refractivity (Wildman–Crippen MR) is 128 cm³/mol. The highest BCUT2D eigenvalue weighted by Crippen LogP contribution is 2.36. The number of hydrogen-bond acceptors (Lipinski definition) is 7. The molecule has 184 valence electrons. The second kappa shape index (κ2) is 10.4. The Kier molecular flexibility index (Phi) is 7.27. The predicted octanol–water partition coefficient (Wildman–Crippen LogP) is 5.41. The Hall–Kier alpha value is -3.90. The van der Waals surface area contributed by atoms with E-state index in [2.05, 4.69) is 30.6 Å². The fourth-order valence-electron chi connectivity index (χ4n) is 3.09. The van der Waals surface area contributed by atoms with Crippen molar-refractivity contribution in [2.45, 2.75) is 19.1 Å². The molecule has 3 aromatic heterocycles. The standard InChI is InChI=1S/C23H16ClF3N6O2S/c1-12(32-20(34)18-8-17(30-11-31-18)13-3-2-6-28-9-13)22-29-10-19(36-22)21(35)33-14-4-5-16(24)15(7-14)23(25,26)27/h2-12H,1H3,(H,32,34)(H,33,35). The third-order valence-electron chi connectivity index (χ3n) is 4.85. The molecule has 0 aliphatic heterocycles. The normalized spacial score (nSPS) is 12.1. The number of carbonyl (C=O) groups excluding carboxylic acids is 2. The molecule has 0 saturated carbocycles. The fourth-order valence-corrected chi connectivity index (χ4v) is 4.13. The zero-order chi connectivity index (χ0) is 25.9. The van der Waals surface area contributed by atoms with Gasteiger partial charge < -0.3 is 10.6 Å². The number of rotatable bonds is 6. The summed E-state index contributed by atoms with van der Waals surface area (Å²) in [6.07, 6.45) is 1.13. The lowest BCUT2D eigenvalue weighted by Crippen LogP contribution is -2.27. The number of aromatic nitrogens is 4. The molecule has 1 atom stereocenters. The third kappa shape index (κ3) is 5.83. The number of amides is 2. The highest BCUT2D eigenvalue weighted by Gasteiger charge is 2.33. The van der Waals surface area contributed by atoms with Crippen LogP contribution in [0.4, 0.5) is 18.9 Å². The van der Waals surface area contributed by atoms with Crippen molar-refractivity contribution in [1.29, 1.82) is 0 Å². The Bertz CT molecular complexity index is 1410. The largest absolute Gasteiger partial charge is 0.417 e. The highest BCUT2D eigenvalue weighted by atomic mass is 35.5. The van der Waals surface area contributed by atoms with Gasteiger partial charge in [-0.05, 0) is 43.3 Å². The van der Waals surface area contributed by atoms with Gasteiger partial charge >= 0.3 is 6.18 Å². The van der Waals surface area contributed by atoms with E-state index in [9.17, 15) is 22.8 Å². The Morgan fingerprint density at radius 3 is 2.58 bits per heavy atom. The molecule has 0 fully saturated rings. The lowest BCUT2D eigenvalue weighted by atomic mass is 10.2. The minimum Gasteiger partial charge on any atom is -0.342 e. The first kappa shape index (κ1) is 25.2. The van der Waals surface area contributed by atoms with E-state index in [1.54, 1.807) is 31.5 Å². The summed E-state index contributed by atoms with van der Waals surface area (Å²) in [5.74, 6) is -1.12. The summed E-state index contributed by atoms with van der Waals surface area (Å²) < 4.78 is 39.2. The molecule has 0 radical (unpaired) electrons. The maximum absolute atomic E-state index is 13.1. The summed E-state index contributed by atoms with van der Waals surface area (Å²) in [6, 6.07) is 7.58. The molecule has 36 heavy (non-hydrogen) atoms. The van der Waals surface area contributed by atoms with Crippen LogP contribution in [0.5, 0.6) is 0 Å². The molecular weight excluding hydrogens is 517 g/mol. The smallest absolute Gasteiger partial charge is 0.342 e. The molecular formula is C23H16ClF3N6O2S. The third-order valence-corrected chi connectivity index (χ3v) is 6.36. The number of nitrogens with one attached hydrogen (secondary N) is 2. The van der Waals surface area contributed by atoms with Gasteiger partial charge in [-0.25, -0.2) is 15.0 Å². The minimum absolute atomic E-state index is 0.0683. The topological polar surface area (TPSA) is 110 Å². The van der Waals surface area contributed by atoms with E-state index in [-0.39, 0.29) is 16.3 Å². The van der Waals surface area contributed by atoms with Gasteiger partial charge in [0.15, 0.2) is 0 Å². The van der Waals surface area contributed by atoms with Crippen molar-refractivity contribution in [3.8, 4) is 11.3 Å². The maximum atomic E-state index is 13.1. The molecule has 2 N–H and O–H groups in total. The number of pyridine rings is 1. The Balaban J connectivity index is 1.43. The summed E-state index contributed by atoms with van der Waals surface area (Å²) in [6.45, 7) is 1.68. The van der Waals surface area contributed by atoms with Crippen molar-refractivity contribution in [3.63, 3.8) is 0 Å². The van der Waals surface area contributed by atoms with Crippen molar-refractivity contribution in [2.24, 2.45) is 0 Å². The molecule has 1 aromatic carbocycles. The fraction of sp³-hybridized carbons (Fsp3) is 0.130. The van der Waals surface area contributed by atoms with Crippen LogP contribution in [-0.4, -0.2) is 31.8 Å². The van der Waals surface area contributed by atoms with Crippen LogP contribution in [0.1, 0.15) is 43.7 Å². The van der Waals surface area contributed by atoms with Crippen molar-refractivity contribution in [2.75, 3.05) is 5.32 Å². The average molecular weight is 533 g/mol. The Morgan fingerprint density at radius 1 is 1.06 bits per heavy atom. The van der Waals surface area contributed by atoms with Crippen LogP contribution in [0, 0.1) is 0 Å². The molecule has 8 nitrogen and oxygen atoms in total. The van der Waals surface area contributed by atoms with Crippen molar-refractivity contribution in [1.82, 2.24) is 25.3 Å². The van der Waals surface area contributed by atoms with Crippen molar-refractivity contribution < 1.29 is 22.8 Å².